The van der Waals surface area contributed by atoms with E-state index in [-0.39, 0.29) is 5.43 Å². The molecule has 5 nitrogen and oxygen atoms in total. The molecule has 3 aromatic heterocycles. The van der Waals surface area contributed by atoms with Crippen LogP contribution >= 0.6 is 0 Å². The molecule has 15 heavy (non-hydrogen) atoms. The minimum Gasteiger partial charge on any atom is -0.347 e. The summed E-state index contributed by atoms with van der Waals surface area (Å²) in [5, 5.41) is 8.44. The Hall–Kier alpha value is -2.17. The third-order valence-corrected chi connectivity index (χ3v) is 2.51. The zero-order chi connectivity index (χ0) is 10.4. The molecular weight excluding hydrogens is 192 g/mol. The van der Waals surface area contributed by atoms with Gasteiger partial charge in [0.25, 0.3) is 0 Å². The molecule has 0 bridgehead atoms. The molecule has 0 N–H and O–H groups in total. The predicted molar refractivity (Wildman–Crippen MR) is 55.7 cm³/mol. The molecular formula is C10H8N4O. The number of aryl methyl sites for hydroxylation is 1. The molecule has 3 rings (SSSR count). The number of rotatable bonds is 0. The molecule has 0 aliphatic heterocycles. The van der Waals surface area contributed by atoms with Crippen LogP contribution in [0, 0.1) is 0 Å². The van der Waals surface area contributed by atoms with Crippen molar-refractivity contribution in [2.75, 3.05) is 0 Å². The quantitative estimate of drug-likeness (QED) is 0.533. The number of hydrogen-bond donors (Lipinski definition) is 0. The van der Waals surface area contributed by atoms with Crippen LogP contribution in [-0.2, 0) is 7.05 Å². The first kappa shape index (κ1) is 8.16. The van der Waals surface area contributed by atoms with Gasteiger partial charge in [0.2, 0.25) is 11.1 Å². The molecule has 3 aromatic rings. The molecule has 0 radical (unpaired) electrons. The first-order valence-electron chi connectivity index (χ1n) is 4.55. The molecule has 0 saturated carbocycles. The Morgan fingerprint density at radius 3 is 2.93 bits per heavy atom. The van der Waals surface area contributed by atoms with Crippen LogP contribution in [0.5, 0.6) is 0 Å². The van der Waals surface area contributed by atoms with Gasteiger partial charge in [0.15, 0.2) is 0 Å². The van der Waals surface area contributed by atoms with E-state index >= 15 is 0 Å². The highest BCUT2D eigenvalue weighted by molar-refractivity contribution is 5.81. The van der Waals surface area contributed by atoms with Crippen molar-refractivity contribution in [2.24, 2.45) is 7.05 Å². The highest BCUT2D eigenvalue weighted by atomic mass is 16.1. The average molecular weight is 200 g/mol. The fourth-order valence-corrected chi connectivity index (χ4v) is 1.76. The van der Waals surface area contributed by atoms with Gasteiger partial charge in [-0.3, -0.25) is 9.20 Å². The van der Waals surface area contributed by atoms with Crippen molar-refractivity contribution in [1.29, 1.82) is 0 Å². The summed E-state index contributed by atoms with van der Waals surface area (Å²) in [6, 6.07) is 3.79. The van der Waals surface area contributed by atoms with Gasteiger partial charge in [-0.1, -0.05) is 0 Å². The Labute approximate surface area is 84.6 Å². The van der Waals surface area contributed by atoms with E-state index in [1.807, 2.05) is 25.4 Å². The topological polar surface area (TPSA) is 52.2 Å². The van der Waals surface area contributed by atoms with Crippen molar-refractivity contribution in [1.82, 2.24) is 19.2 Å². The van der Waals surface area contributed by atoms with Gasteiger partial charge in [-0.25, -0.2) is 0 Å². The van der Waals surface area contributed by atoms with Crippen LogP contribution in [0.1, 0.15) is 0 Å². The van der Waals surface area contributed by atoms with Crippen molar-refractivity contribution in [3.63, 3.8) is 0 Å². The summed E-state index contributed by atoms with van der Waals surface area (Å²) in [7, 11) is 1.84. The molecule has 0 unspecified atom stereocenters. The summed E-state index contributed by atoms with van der Waals surface area (Å²) < 4.78 is 3.43. The number of fused-ring (bicyclic) bond motifs is 2. The average Bonchev–Trinajstić information content (AvgIpc) is 2.78. The van der Waals surface area contributed by atoms with Crippen LogP contribution in [0.25, 0.3) is 16.6 Å². The van der Waals surface area contributed by atoms with Gasteiger partial charge in [-0.15, -0.1) is 10.2 Å². The molecule has 0 aromatic carbocycles. The monoisotopic (exact) mass is 200 g/mol. The molecule has 0 fully saturated rings. The maximum absolute atomic E-state index is 12.1. The lowest BCUT2D eigenvalue weighted by Crippen LogP contribution is -2.05. The van der Waals surface area contributed by atoms with E-state index in [0.717, 1.165) is 5.39 Å². The summed E-state index contributed by atoms with van der Waals surface area (Å²) in [6.45, 7) is 0. The lowest BCUT2D eigenvalue weighted by atomic mass is 10.3. The summed E-state index contributed by atoms with van der Waals surface area (Å²) in [5.41, 5.74) is 0.907. The SMILES string of the molecule is Cn1ccc2ccn3cnnc3c(=O)c21. The summed E-state index contributed by atoms with van der Waals surface area (Å²) in [4.78, 5) is 12.1. The first-order chi connectivity index (χ1) is 7.27. The van der Waals surface area contributed by atoms with E-state index in [2.05, 4.69) is 10.2 Å². The summed E-state index contributed by atoms with van der Waals surface area (Å²) >= 11 is 0. The minimum absolute atomic E-state index is 0.0972. The van der Waals surface area contributed by atoms with E-state index in [1.54, 1.807) is 15.2 Å². The molecule has 0 spiro atoms. The van der Waals surface area contributed by atoms with Gasteiger partial charge in [0.1, 0.15) is 6.33 Å². The second-order valence-corrected chi connectivity index (χ2v) is 3.44. The number of hydrogen-bond acceptors (Lipinski definition) is 3. The zero-order valence-corrected chi connectivity index (χ0v) is 8.08. The highest BCUT2D eigenvalue weighted by Crippen LogP contribution is 2.09. The van der Waals surface area contributed by atoms with Crippen molar-refractivity contribution in [3.8, 4) is 0 Å². The van der Waals surface area contributed by atoms with Crippen molar-refractivity contribution in [3.05, 3.63) is 41.1 Å². The van der Waals surface area contributed by atoms with E-state index in [9.17, 15) is 4.79 Å². The van der Waals surface area contributed by atoms with Crippen molar-refractivity contribution < 1.29 is 0 Å². The second kappa shape index (κ2) is 2.66. The first-order valence-corrected chi connectivity index (χ1v) is 4.55. The largest absolute Gasteiger partial charge is 0.347 e. The normalized spacial score (nSPS) is 11.3. The van der Waals surface area contributed by atoms with Gasteiger partial charge in [-0.05, 0) is 12.1 Å². The van der Waals surface area contributed by atoms with Gasteiger partial charge in [-0.2, -0.15) is 0 Å². The van der Waals surface area contributed by atoms with Crippen LogP contribution in [-0.4, -0.2) is 19.2 Å². The van der Waals surface area contributed by atoms with E-state index in [1.165, 1.54) is 6.33 Å². The van der Waals surface area contributed by atoms with Crippen LogP contribution in [0.15, 0.2) is 35.6 Å². The van der Waals surface area contributed by atoms with Crippen LogP contribution in [0.2, 0.25) is 0 Å². The minimum atomic E-state index is -0.0972. The Bertz CT molecular complexity index is 710. The fraction of sp³-hybridized carbons (Fsp3) is 0.100. The van der Waals surface area contributed by atoms with Gasteiger partial charge in [0.05, 0.1) is 5.52 Å². The highest BCUT2D eigenvalue weighted by Gasteiger charge is 2.06. The van der Waals surface area contributed by atoms with E-state index in [0.29, 0.717) is 11.2 Å². The Morgan fingerprint density at radius 1 is 1.27 bits per heavy atom. The molecule has 0 atom stereocenters. The molecule has 0 amide bonds. The Balaban J connectivity index is 2.73. The maximum atomic E-state index is 12.1. The Morgan fingerprint density at radius 2 is 2.07 bits per heavy atom. The summed E-state index contributed by atoms with van der Waals surface area (Å²) in [6.07, 6.45) is 5.17. The standard InChI is InChI=1S/C10H8N4O/c1-13-4-2-7-3-5-14-6-11-12-10(14)9(15)8(7)13/h2-6H,1H3. The van der Waals surface area contributed by atoms with Crippen LogP contribution in [0.4, 0.5) is 0 Å². The zero-order valence-electron chi connectivity index (χ0n) is 8.08. The third kappa shape index (κ3) is 0.999. The van der Waals surface area contributed by atoms with Gasteiger partial charge >= 0.3 is 0 Å². The van der Waals surface area contributed by atoms with Gasteiger partial charge in [0, 0.05) is 24.8 Å². The molecule has 74 valence electrons. The lowest BCUT2D eigenvalue weighted by molar-refractivity contribution is 0.965. The van der Waals surface area contributed by atoms with E-state index < -0.39 is 0 Å². The van der Waals surface area contributed by atoms with Crippen LogP contribution in [0.3, 0.4) is 0 Å². The molecule has 0 aliphatic rings. The van der Waals surface area contributed by atoms with Gasteiger partial charge < -0.3 is 4.57 Å². The number of nitrogens with zero attached hydrogens (tertiary/aromatic N) is 4. The molecule has 0 aliphatic carbocycles. The third-order valence-electron chi connectivity index (χ3n) is 2.51. The van der Waals surface area contributed by atoms with Crippen LogP contribution < -0.4 is 5.43 Å². The molecule has 3 heterocycles. The second-order valence-electron chi connectivity index (χ2n) is 3.44. The van der Waals surface area contributed by atoms with E-state index in [4.69, 9.17) is 0 Å². The fourth-order valence-electron chi connectivity index (χ4n) is 1.76. The summed E-state index contributed by atoms with van der Waals surface area (Å²) in [5.74, 6) is 0. The van der Waals surface area contributed by atoms with Crippen molar-refractivity contribution in [2.45, 2.75) is 0 Å². The predicted octanol–water partition coefficient (Wildman–Crippen LogP) is 0.581. The Kier molecular flexibility index (Phi) is 1.45. The molecule has 5 heteroatoms. The van der Waals surface area contributed by atoms with Crippen molar-refractivity contribution >= 4 is 16.6 Å². The lowest BCUT2D eigenvalue weighted by Gasteiger charge is -1.88. The molecule has 0 saturated heterocycles. The number of aromatic nitrogens is 4. The smallest absolute Gasteiger partial charge is 0.247 e. The maximum Gasteiger partial charge on any atom is 0.247 e.